The van der Waals surface area contributed by atoms with Crippen molar-refractivity contribution in [3.8, 4) is 11.5 Å². The van der Waals surface area contributed by atoms with Gasteiger partial charge in [-0.25, -0.2) is 0 Å². The highest BCUT2D eigenvalue weighted by molar-refractivity contribution is 6.30. The van der Waals surface area contributed by atoms with Gasteiger partial charge in [0.15, 0.2) is 5.78 Å². The van der Waals surface area contributed by atoms with Crippen LogP contribution in [-0.4, -0.2) is 60.1 Å². The molecule has 1 aromatic heterocycles. The Bertz CT molecular complexity index is 1350. The lowest BCUT2D eigenvalue weighted by atomic mass is 10.0. The molecule has 37 heavy (non-hydrogen) atoms. The minimum atomic E-state index is 0.124. The molecule has 0 amide bonds. The summed E-state index contributed by atoms with van der Waals surface area (Å²) in [5.41, 5.74) is 2.76. The van der Waals surface area contributed by atoms with E-state index in [1.807, 2.05) is 84.1 Å². The van der Waals surface area contributed by atoms with Crippen molar-refractivity contribution < 1.29 is 14.4 Å². The van der Waals surface area contributed by atoms with Crippen LogP contribution in [0.2, 0.25) is 5.02 Å². The summed E-state index contributed by atoms with van der Waals surface area (Å²) < 4.78 is 7.86. The molecule has 0 N–H and O–H groups in total. The average Bonchev–Trinajstić information content (AvgIpc) is 3.29. The minimum Gasteiger partial charge on any atom is -0.495 e. The molecule has 0 spiro atoms. The highest BCUT2D eigenvalue weighted by atomic mass is 35.5. The van der Waals surface area contributed by atoms with Gasteiger partial charge >= 0.3 is 0 Å². The van der Waals surface area contributed by atoms with Crippen molar-refractivity contribution in [1.29, 1.82) is 0 Å². The van der Waals surface area contributed by atoms with E-state index in [1.54, 1.807) is 7.11 Å². The van der Waals surface area contributed by atoms with Gasteiger partial charge in [-0.05, 0) is 36.7 Å². The number of Topliss-reactive ketones (excluding diaryl/α,β-unsaturated/α-hetero) is 1. The Morgan fingerprint density at radius 1 is 0.919 bits per heavy atom. The van der Waals surface area contributed by atoms with Crippen LogP contribution >= 0.6 is 11.6 Å². The topological polar surface area (TPSA) is 46.9 Å². The Morgan fingerprint density at radius 2 is 1.70 bits per heavy atom. The molecule has 1 aliphatic rings. The Balaban J connectivity index is 1.21. The molecule has 0 aliphatic carbocycles. The van der Waals surface area contributed by atoms with Crippen molar-refractivity contribution in [3.63, 3.8) is 0 Å². The molecule has 2 heterocycles. The number of carbonyl (C=O) groups excluding carboxylic acids is 1. The number of ketones is 1. The lowest BCUT2D eigenvalue weighted by Crippen LogP contribution is -2.47. The zero-order valence-corrected chi connectivity index (χ0v) is 21.9. The molecule has 192 valence electrons. The quantitative estimate of drug-likeness (QED) is 0.251. The molecular formula is C30H32ClN3O3. The molecule has 1 fully saturated rings. The molecule has 5 rings (SSSR count). The maximum atomic E-state index is 13.3. The van der Waals surface area contributed by atoms with E-state index in [0.717, 1.165) is 79.2 Å². The lowest BCUT2D eigenvalue weighted by Gasteiger charge is -2.34. The highest BCUT2D eigenvalue weighted by Crippen LogP contribution is 2.31. The van der Waals surface area contributed by atoms with Crippen LogP contribution in [0.25, 0.3) is 10.9 Å². The van der Waals surface area contributed by atoms with E-state index >= 15 is 0 Å². The summed E-state index contributed by atoms with van der Waals surface area (Å²) in [6, 6.07) is 23.3. The summed E-state index contributed by atoms with van der Waals surface area (Å²) in [7, 11) is 1.68. The maximum Gasteiger partial charge on any atom is 0.169 e. The third-order valence-electron chi connectivity index (χ3n) is 6.82. The van der Waals surface area contributed by atoms with Crippen molar-refractivity contribution in [2.45, 2.75) is 19.4 Å². The standard InChI is InChI=1S/C30H32ClN3O3/c1-36-29-13-6-12-26-27(28(35)20-23-8-3-2-4-9-23)22-33(30(26)29)15-7-14-32-16-18-34(19-17-32)37-25-11-5-10-24(31)21-25/h2-6,8-13,21-22H,7,14-20H2,1H3. The number of piperazine rings is 1. The number of aryl methyl sites for hydroxylation is 1. The van der Waals surface area contributed by atoms with Gasteiger partial charge in [0.25, 0.3) is 0 Å². The van der Waals surface area contributed by atoms with Crippen LogP contribution < -0.4 is 9.57 Å². The fourth-order valence-corrected chi connectivity index (χ4v) is 5.13. The molecule has 7 heteroatoms. The van der Waals surface area contributed by atoms with Gasteiger partial charge in [-0.1, -0.05) is 60.1 Å². The summed E-state index contributed by atoms with van der Waals surface area (Å²) >= 11 is 6.07. The first-order chi connectivity index (χ1) is 18.1. The maximum absolute atomic E-state index is 13.3. The first-order valence-corrected chi connectivity index (χ1v) is 13.1. The Hall–Kier alpha value is -3.32. The molecule has 0 saturated carbocycles. The molecule has 0 atom stereocenters. The van der Waals surface area contributed by atoms with Crippen molar-refractivity contribution >= 4 is 28.3 Å². The number of hydroxylamine groups is 2. The fourth-order valence-electron chi connectivity index (χ4n) is 4.95. The number of hydrogen-bond donors (Lipinski definition) is 0. The first kappa shape index (κ1) is 25.3. The number of carbonyl (C=O) groups is 1. The second-order valence-electron chi connectivity index (χ2n) is 9.35. The van der Waals surface area contributed by atoms with E-state index in [4.69, 9.17) is 21.2 Å². The monoisotopic (exact) mass is 517 g/mol. The Labute approximate surface area is 222 Å². The number of hydrogen-bond acceptors (Lipinski definition) is 5. The molecule has 1 saturated heterocycles. The van der Waals surface area contributed by atoms with Gasteiger partial charge in [-0.15, -0.1) is 5.06 Å². The van der Waals surface area contributed by atoms with Gasteiger partial charge in [0, 0.05) is 67.4 Å². The van der Waals surface area contributed by atoms with Crippen molar-refractivity contribution in [3.05, 3.63) is 95.1 Å². The van der Waals surface area contributed by atoms with Gasteiger partial charge < -0.3 is 19.0 Å². The Kier molecular flexibility index (Phi) is 8.09. The average molecular weight is 518 g/mol. The number of halogens is 1. The number of nitrogens with zero attached hydrogens (tertiary/aromatic N) is 3. The smallest absolute Gasteiger partial charge is 0.169 e. The van der Waals surface area contributed by atoms with Crippen LogP contribution in [0.3, 0.4) is 0 Å². The van der Waals surface area contributed by atoms with Gasteiger partial charge in [-0.2, -0.15) is 0 Å². The molecular weight excluding hydrogens is 486 g/mol. The lowest BCUT2D eigenvalue weighted by molar-refractivity contribution is -0.0885. The van der Waals surface area contributed by atoms with Gasteiger partial charge in [0.2, 0.25) is 0 Å². The van der Waals surface area contributed by atoms with Crippen LogP contribution in [0.15, 0.2) is 79.0 Å². The summed E-state index contributed by atoms with van der Waals surface area (Å²) in [6.45, 7) is 5.35. The van der Waals surface area contributed by atoms with Gasteiger partial charge in [0.1, 0.15) is 11.5 Å². The second kappa shape index (κ2) is 11.8. The normalized spacial score (nSPS) is 14.6. The molecule has 0 bridgehead atoms. The summed E-state index contributed by atoms with van der Waals surface area (Å²) in [6.07, 6.45) is 3.37. The number of rotatable bonds is 10. The highest BCUT2D eigenvalue weighted by Gasteiger charge is 2.20. The van der Waals surface area contributed by atoms with Crippen LogP contribution in [0.1, 0.15) is 22.3 Å². The van der Waals surface area contributed by atoms with Crippen LogP contribution in [0.4, 0.5) is 0 Å². The zero-order chi connectivity index (χ0) is 25.6. The van der Waals surface area contributed by atoms with E-state index < -0.39 is 0 Å². The summed E-state index contributed by atoms with van der Waals surface area (Å²) in [5.74, 6) is 1.69. The van der Waals surface area contributed by atoms with Crippen LogP contribution in [0.5, 0.6) is 11.5 Å². The fraction of sp³-hybridized carbons (Fsp3) is 0.300. The van der Waals surface area contributed by atoms with Crippen molar-refractivity contribution in [2.24, 2.45) is 0 Å². The van der Waals surface area contributed by atoms with Crippen molar-refractivity contribution in [2.75, 3.05) is 39.8 Å². The predicted molar refractivity (Wildman–Crippen MR) is 148 cm³/mol. The number of benzene rings is 3. The second-order valence-corrected chi connectivity index (χ2v) is 9.79. The first-order valence-electron chi connectivity index (χ1n) is 12.7. The molecule has 1 aliphatic heterocycles. The predicted octanol–water partition coefficient (Wildman–Crippen LogP) is 5.73. The number of para-hydroxylation sites is 1. The SMILES string of the molecule is COc1cccc2c(C(=O)Cc3ccccc3)cn(CCCN3CCN(Oc4cccc(Cl)c4)CC3)c12. The molecule has 3 aromatic carbocycles. The van der Waals surface area contributed by atoms with Gasteiger partial charge in [-0.3, -0.25) is 4.79 Å². The van der Waals surface area contributed by atoms with E-state index in [9.17, 15) is 4.79 Å². The summed E-state index contributed by atoms with van der Waals surface area (Å²) in [4.78, 5) is 21.7. The molecule has 0 radical (unpaired) electrons. The number of methoxy groups -OCH3 is 1. The van der Waals surface area contributed by atoms with Gasteiger partial charge in [0.05, 0.1) is 12.6 Å². The molecule has 6 nitrogen and oxygen atoms in total. The Morgan fingerprint density at radius 3 is 2.46 bits per heavy atom. The largest absolute Gasteiger partial charge is 0.495 e. The molecule has 4 aromatic rings. The third kappa shape index (κ3) is 6.16. The van der Waals surface area contributed by atoms with Crippen LogP contribution in [0, 0.1) is 0 Å². The van der Waals surface area contributed by atoms with E-state index in [-0.39, 0.29) is 5.78 Å². The number of ether oxygens (including phenoxy) is 1. The zero-order valence-electron chi connectivity index (χ0n) is 21.1. The molecule has 0 unspecified atom stereocenters. The van der Waals surface area contributed by atoms with Crippen LogP contribution in [-0.2, 0) is 13.0 Å². The number of aromatic nitrogens is 1. The van der Waals surface area contributed by atoms with Crippen molar-refractivity contribution in [1.82, 2.24) is 14.5 Å². The third-order valence-corrected chi connectivity index (χ3v) is 7.06. The van der Waals surface area contributed by atoms with E-state index in [1.165, 1.54) is 0 Å². The van der Waals surface area contributed by atoms with E-state index in [0.29, 0.717) is 11.4 Å². The number of fused-ring (bicyclic) bond motifs is 1. The minimum absolute atomic E-state index is 0.124. The summed E-state index contributed by atoms with van der Waals surface area (Å²) in [5, 5.41) is 3.62. The van der Waals surface area contributed by atoms with E-state index in [2.05, 4.69) is 9.47 Å².